The number of hydrogen-bond donors (Lipinski definition) is 1. The van der Waals surface area contributed by atoms with Crippen molar-refractivity contribution in [1.82, 2.24) is 4.90 Å². The number of aryl methyl sites for hydroxylation is 1. The van der Waals surface area contributed by atoms with Crippen LogP contribution in [0.2, 0.25) is 0 Å². The first-order valence-electron chi connectivity index (χ1n) is 7.33. The van der Waals surface area contributed by atoms with Crippen molar-refractivity contribution in [2.45, 2.75) is 19.9 Å². The molecule has 1 N–H and O–H groups in total. The Bertz CT molecular complexity index is 628. The monoisotopic (exact) mass is 360 g/mol. The van der Waals surface area contributed by atoms with Gasteiger partial charge in [0.1, 0.15) is 0 Å². The lowest BCUT2D eigenvalue weighted by atomic mass is 10.2. The zero-order valence-corrected chi connectivity index (χ0v) is 14.6. The Morgan fingerprint density at radius 1 is 1.18 bits per heavy atom. The summed E-state index contributed by atoms with van der Waals surface area (Å²) in [4.78, 5) is 14.2. The predicted molar refractivity (Wildman–Crippen MR) is 94.9 cm³/mol. The Balaban J connectivity index is 1.78. The largest absolute Gasteiger partial charge is 0.326 e. The number of nitrogens with one attached hydrogen (secondary N) is 1. The molecule has 0 aliphatic heterocycles. The molecule has 0 aliphatic carbocycles. The van der Waals surface area contributed by atoms with Gasteiger partial charge in [-0.25, -0.2) is 0 Å². The highest BCUT2D eigenvalue weighted by Gasteiger charge is 2.06. The molecule has 0 radical (unpaired) electrons. The number of hydrogen-bond acceptors (Lipinski definition) is 2. The van der Waals surface area contributed by atoms with Crippen LogP contribution in [0.15, 0.2) is 53.0 Å². The second kappa shape index (κ2) is 8.11. The van der Waals surface area contributed by atoms with Crippen LogP contribution in [-0.4, -0.2) is 24.4 Å². The van der Waals surface area contributed by atoms with Crippen molar-refractivity contribution in [3.05, 3.63) is 64.1 Å². The van der Waals surface area contributed by atoms with Crippen molar-refractivity contribution in [1.29, 1.82) is 0 Å². The highest BCUT2D eigenvalue weighted by molar-refractivity contribution is 9.10. The van der Waals surface area contributed by atoms with Crippen molar-refractivity contribution in [3.8, 4) is 0 Å². The number of carbonyl (C=O) groups excluding carboxylic acids is 1. The maximum absolute atomic E-state index is 12.0. The summed E-state index contributed by atoms with van der Waals surface area (Å²) >= 11 is 3.46. The SMILES string of the molecule is Cc1cc(NC(=O)CCN(C)Cc2ccccc2)ccc1Br. The van der Waals surface area contributed by atoms with Gasteiger partial charge < -0.3 is 10.2 Å². The van der Waals surface area contributed by atoms with E-state index in [1.54, 1.807) is 0 Å². The fourth-order valence-corrected chi connectivity index (χ4v) is 2.46. The van der Waals surface area contributed by atoms with Gasteiger partial charge in [-0.3, -0.25) is 4.79 Å². The quantitative estimate of drug-likeness (QED) is 0.836. The zero-order valence-electron chi connectivity index (χ0n) is 13.0. The van der Waals surface area contributed by atoms with Gasteiger partial charge in [0.05, 0.1) is 0 Å². The molecule has 2 aromatic carbocycles. The smallest absolute Gasteiger partial charge is 0.225 e. The molecule has 0 unspecified atom stereocenters. The summed E-state index contributed by atoms with van der Waals surface area (Å²) < 4.78 is 1.05. The topological polar surface area (TPSA) is 32.3 Å². The molecule has 0 aromatic heterocycles. The number of nitrogens with zero attached hydrogens (tertiary/aromatic N) is 1. The van der Waals surface area contributed by atoms with E-state index >= 15 is 0 Å². The van der Waals surface area contributed by atoms with Crippen molar-refractivity contribution >= 4 is 27.5 Å². The first-order chi connectivity index (χ1) is 10.5. The van der Waals surface area contributed by atoms with Crippen LogP contribution in [0.25, 0.3) is 0 Å². The molecule has 116 valence electrons. The number of amides is 1. The van der Waals surface area contributed by atoms with Crippen LogP contribution in [0.1, 0.15) is 17.5 Å². The fraction of sp³-hybridized carbons (Fsp3) is 0.278. The second-order valence-electron chi connectivity index (χ2n) is 5.49. The average molecular weight is 361 g/mol. The van der Waals surface area contributed by atoms with Crippen molar-refractivity contribution < 1.29 is 4.79 Å². The lowest BCUT2D eigenvalue weighted by Crippen LogP contribution is -2.24. The molecule has 0 bridgehead atoms. The normalized spacial score (nSPS) is 10.7. The van der Waals surface area contributed by atoms with Gasteiger partial charge in [-0.1, -0.05) is 46.3 Å². The van der Waals surface area contributed by atoms with Crippen molar-refractivity contribution in [2.24, 2.45) is 0 Å². The predicted octanol–water partition coefficient (Wildman–Crippen LogP) is 4.22. The summed E-state index contributed by atoms with van der Waals surface area (Å²) in [7, 11) is 2.03. The summed E-state index contributed by atoms with van der Waals surface area (Å²) in [6.45, 7) is 3.59. The van der Waals surface area contributed by atoms with Gasteiger partial charge in [-0.2, -0.15) is 0 Å². The van der Waals surface area contributed by atoms with Crippen LogP contribution in [0.3, 0.4) is 0 Å². The van der Waals surface area contributed by atoms with E-state index in [1.807, 2.05) is 50.4 Å². The molecular formula is C18H21BrN2O. The summed E-state index contributed by atoms with van der Waals surface area (Å²) in [5.74, 6) is 0.0432. The van der Waals surface area contributed by atoms with Gasteiger partial charge in [0.15, 0.2) is 0 Å². The number of rotatable bonds is 6. The Morgan fingerprint density at radius 2 is 1.91 bits per heavy atom. The van der Waals surface area contributed by atoms with E-state index in [2.05, 4.69) is 38.3 Å². The summed E-state index contributed by atoms with van der Waals surface area (Å²) in [5.41, 5.74) is 3.21. The highest BCUT2D eigenvalue weighted by Crippen LogP contribution is 2.20. The second-order valence-corrected chi connectivity index (χ2v) is 6.34. The number of anilines is 1. The zero-order chi connectivity index (χ0) is 15.9. The Labute approximate surface area is 140 Å². The molecular weight excluding hydrogens is 340 g/mol. The van der Waals surface area contributed by atoms with Gasteiger partial charge in [0.2, 0.25) is 5.91 Å². The van der Waals surface area contributed by atoms with Crippen LogP contribution in [0.5, 0.6) is 0 Å². The van der Waals surface area contributed by atoms with Gasteiger partial charge in [0.25, 0.3) is 0 Å². The molecule has 0 saturated heterocycles. The standard InChI is InChI=1S/C18H21BrN2O/c1-14-12-16(8-9-17(14)19)20-18(22)10-11-21(2)13-15-6-4-3-5-7-15/h3-9,12H,10-11,13H2,1-2H3,(H,20,22). The lowest BCUT2D eigenvalue weighted by molar-refractivity contribution is -0.116. The van der Waals surface area contributed by atoms with E-state index in [0.29, 0.717) is 6.42 Å². The van der Waals surface area contributed by atoms with Crippen LogP contribution >= 0.6 is 15.9 Å². The number of benzene rings is 2. The first kappa shape index (κ1) is 16.7. The van der Waals surface area contributed by atoms with E-state index in [-0.39, 0.29) is 5.91 Å². The minimum atomic E-state index is 0.0432. The van der Waals surface area contributed by atoms with E-state index in [9.17, 15) is 4.79 Å². The van der Waals surface area contributed by atoms with Gasteiger partial charge in [-0.15, -0.1) is 0 Å². The van der Waals surface area contributed by atoms with Crippen LogP contribution in [0, 0.1) is 6.92 Å². The molecule has 2 aromatic rings. The molecule has 4 heteroatoms. The first-order valence-corrected chi connectivity index (χ1v) is 8.12. The molecule has 0 heterocycles. The van der Waals surface area contributed by atoms with E-state index in [4.69, 9.17) is 0 Å². The molecule has 3 nitrogen and oxygen atoms in total. The Hall–Kier alpha value is -1.65. The van der Waals surface area contributed by atoms with Crippen LogP contribution < -0.4 is 5.32 Å². The molecule has 0 fully saturated rings. The summed E-state index contributed by atoms with van der Waals surface area (Å²) in [6.07, 6.45) is 0.485. The van der Waals surface area contributed by atoms with E-state index in [0.717, 1.165) is 28.8 Å². The average Bonchev–Trinajstić information content (AvgIpc) is 2.50. The summed E-state index contributed by atoms with van der Waals surface area (Å²) in [5, 5.41) is 2.94. The van der Waals surface area contributed by atoms with Crippen molar-refractivity contribution in [3.63, 3.8) is 0 Å². The molecule has 0 aliphatic rings. The molecule has 0 saturated carbocycles. The van der Waals surface area contributed by atoms with Gasteiger partial charge in [0, 0.05) is 29.7 Å². The fourth-order valence-electron chi connectivity index (χ4n) is 2.21. The van der Waals surface area contributed by atoms with E-state index < -0.39 is 0 Å². The lowest BCUT2D eigenvalue weighted by Gasteiger charge is -2.16. The minimum absolute atomic E-state index is 0.0432. The third-order valence-electron chi connectivity index (χ3n) is 3.46. The summed E-state index contributed by atoms with van der Waals surface area (Å²) in [6, 6.07) is 16.1. The maximum Gasteiger partial charge on any atom is 0.225 e. The number of carbonyl (C=O) groups is 1. The minimum Gasteiger partial charge on any atom is -0.326 e. The number of halogens is 1. The third-order valence-corrected chi connectivity index (χ3v) is 4.35. The molecule has 0 spiro atoms. The molecule has 1 amide bonds. The van der Waals surface area contributed by atoms with Gasteiger partial charge in [-0.05, 0) is 43.3 Å². The van der Waals surface area contributed by atoms with Crippen molar-refractivity contribution in [2.75, 3.05) is 18.9 Å². The Kier molecular flexibility index (Phi) is 6.16. The third kappa shape index (κ3) is 5.28. The molecule has 2 rings (SSSR count). The molecule has 22 heavy (non-hydrogen) atoms. The molecule has 0 atom stereocenters. The van der Waals surface area contributed by atoms with E-state index in [1.165, 1.54) is 5.56 Å². The Morgan fingerprint density at radius 3 is 2.59 bits per heavy atom. The highest BCUT2D eigenvalue weighted by atomic mass is 79.9. The maximum atomic E-state index is 12.0. The van der Waals surface area contributed by atoms with Crippen LogP contribution in [0.4, 0.5) is 5.69 Å². The van der Waals surface area contributed by atoms with Crippen LogP contribution in [-0.2, 0) is 11.3 Å². The van der Waals surface area contributed by atoms with Gasteiger partial charge >= 0.3 is 0 Å².